The van der Waals surface area contributed by atoms with Gasteiger partial charge in [0.1, 0.15) is 5.75 Å². The second-order valence-corrected chi connectivity index (χ2v) is 4.89. The van der Waals surface area contributed by atoms with Gasteiger partial charge in [-0.15, -0.1) is 0 Å². The third-order valence-electron chi connectivity index (χ3n) is 3.52. The van der Waals surface area contributed by atoms with E-state index in [1.807, 2.05) is 17.9 Å². The fourth-order valence-corrected chi connectivity index (χ4v) is 2.25. The van der Waals surface area contributed by atoms with Crippen LogP contribution in [0.3, 0.4) is 0 Å². The van der Waals surface area contributed by atoms with Crippen LogP contribution in [0.2, 0.25) is 0 Å². The first-order valence-electron chi connectivity index (χ1n) is 6.44. The molecule has 1 amide bonds. The maximum Gasteiger partial charge on any atom is 0.224 e. The third kappa shape index (κ3) is 2.82. The van der Waals surface area contributed by atoms with Gasteiger partial charge in [0.25, 0.3) is 0 Å². The molecule has 3 N–H and O–H groups in total. The molecule has 0 aromatic heterocycles. The lowest BCUT2D eigenvalue weighted by atomic mass is 9.99. The summed E-state index contributed by atoms with van der Waals surface area (Å²) in [6, 6.07) is 5.32. The highest BCUT2D eigenvalue weighted by Crippen LogP contribution is 2.23. The topological polar surface area (TPSA) is 66.6 Å². The van der Waals surface area contributed by atoms with E-state index >= 15 is 0 Å². The Balaban J connectivity index is 2.05. The van der Waals surface area contributed by atoms with E-state index in [2.05, 4.69) is 0 Å². The van der Waals surface area contributed by atoms with Crippen molar-refractivity contribution < 1.29 is 9.90 Å². The summed E-state index contributed by atoms with van der Waals surface area (Å²) in [5, 5.41) is 9.47. The Morgan fingerprint density at radius 1 is 1.50 bits per heavy atom. The molecule has 0 radical (unpaired) electrons. The van der Waals surface area contributed by atoms with E-state index in [1.165, 1.54) is 5.56 Å². The summed E-state index contributed by atoms with van der Waals surface area (Å²) < 4.78 is 0. The van der Waals surface area contributed by atoms with Gasteiger partial charge in [0.15, 0.2) is 0 Å². The van der Waals surface area contributed by atoms with Crippen LogP contribution >= 0.6 is 0 Å². The lowest BCUT2D eigenvalue weighted by Gasteiger charge is -2.29. The highest BCUT2D eigenvalue weighted by molar-refractivity contribution is 5.77. The lowest BCUT2D eigenvalue weighted by Crippen LogP contribution is -2.39. The second-order valence-electron chi connectivity index (χ2n) is 4.89. The van der Waals surface area contributed by atoms with E-state index < -0.39 is 0 Å². The van der Waals surface area contributed by atoms with Crippen molar-refractivity contribution in [3.8, 4) is 5.75 Å². The second kappa shape index (κ2) is 5.40. The summed E-state index contributed by atoms with van der Waals surface area (Å²) in [6.07, 6.45) is 2.07. The van der Waals surface area contributed by atoms with Crippen LogP contribution in [0.15, 0.2) is 18.2 Å². The van der Waals surface area contributed by atoms with Crippen molar-refractivity contribution in [3.63, 3.8) is 0 Å². The standard InChI is InChI=1S/C14H20N2O2/c1-2-12(15)8-14(18)16-6-5-10-3-4-13(17)7-11(10)9-16/h3-4,7,12,17H,2,5-6,8-9,15H2,1H3. The van der Waals surface area contributed by atoms with Crippen LogP contribution in [-0.2, 0) is 17.8 Å². The number of hydrogen-bond donors (Lipinski definition) is 2. The molecule has 4 nitrogen and oxygen atoms in total. The maximum atomic E-state index is 12.0. The highest BCUT2D eigenvalue weighted by atomic mass is 16.3. The van der Waals surface area contributed by atoms with E-state index in [1.54, 1.807) is 12.1 Å². The molecule has 1 atom stereocenters. The number of phenolic OH excluding ortho intramolecular Hbond substituents is 1. The number of fused-ring (bicyclic) bond motifs is 1. The van der Waals surface area contributed by atoms with E-state index in [4.69, 9.17) is 5.73 Å². The summed E-state index contributed by atoms with van der Waals surface area (Å²) in [5.41, 5.74) is 8.07. The summed E-state index contributed by atoms with van der Waals surface area (Å²) in [6.45, 7) is 3.31. The smallest absolute Gasteiger partial charge is 0.224 e. The fourth-order valence-electron chi connectivity index (χ4n) is 2.25. The summed E-state index contributed by atoms with van der Waals surface area (Å²) in [7, 11) is 0. The highest BCUT2D eigenvalue weighted by Gasteiger charge is 2.21. The summed E-state index contributed by atoms with van der Waals surface area (Å²) in [5.74, 6) is 0.367. The van der Waals surface area contributed by atoms with Gasteiger partial charge in [-0.3, -0.25) is 4.79 Å². The molecule has 0 aliphatic carbocycles. The van der Waals surface area contributed by atoms with Crippen LogP contribution in [0.5, 0.6) is 5.75 Å². The van der Waals surface area contributed by atoms with Crippen molar-refractivity contribution >= 4 is 5.91 Å². The number of rotatable bonds is 3. The molecule has 0 bridgehead atoms. The summed E-state index contributed by atoms with van der Waals surface area (Å²) in [4.78, 5) is 13.9. The molecule has 0 spiro atoms. The Hall–Kier alpha value is -1.55. The molecule has 0 saturated heterocycles. The van der Waals surface area contributed by atoms with Gasteiger partial charge in [0.05, 0.1) is 0 Å². The minimum Gasteiger partial charge on any atom is -0.508 e. The van der Waals surface area contributed by atoms with Gasteiger partial charge in [-0.05, 0) is 36.1 Å². The molecule has 18 heavy (non-hydrogen) atoms. The zero-order valence-electron chi connectivity index (χ0n) is 10.7. The number of carbonyl (C=O) groups is 1. The Kier molecular flexibility index (Phi) is 3.87. The number of phenols is 1. The first-order valence-corrected chi connectivity index (χ1v) is 6.44. The van der Waals surface area contributed by atoms with E-state index in [0.29, 0.717) is 13.0 Å². The molecule has 1 heterocycles. The zero-order valence-corrected chi connectivity index (χ0v) is 10.7. The minimum atomic E-state index is -0.0527. The number of nitrogens with two attached hydrogens (primary N) is 1. The maximum absolute atomic E-state index is 12.0. The Morgan fingerprint density at radius 2 is 2.28 bits per heavy atom. The quantitative estimate of drug-likeness (QED) is 0.849. The van der Waals surface area contributed by atoms with Gasteiger partial charge in [-0.25, -0.2) is 0 Å². The molecule has 1 unspecified atom stereocenters. The van der Waals surface area contributed by atoms with Crippen LogP contribution in [0.25, 0.3) is 0 Å². The predicted molar refractivity (Wildman–Crippen MR) is 70.1 cm³/mol. The van der Waals surface area contributed by atoms with Crippen LogP contribution in [0, 0.1) is 0 Å². The first kappa shape index (κ1) is 12.9. The third-order valence-corrected chi connectivity index (χ3v) is 3.52. The molecule has 0 fully saturated rings. The zero-order chi connectivity index (χ0) is 13.1. The molecular weight excluding hydrogens is 228 g/mol. The average Bonchev–Trinajstić information content (AvgIpc) is 2.37. The lowest BCUT2D eigenvalue weighted by molar-refractivity contribution is -0.132. The van der Waals surface area contributed by atoms with Crippen LogP contribution in [0.1, 0.15) is 30.9 Å². The fraction of sp³-hybridized carbons (Fsp3) is 0.500. The molecule has 1 aromatic rings. The van der Waals surface area contributed by atoms with Crippen molar-refractivity contribution in [1.82, 2.24) is 4.90 Å². The Morgan fingerprint density at radius 3 is 3.00 bits per heavy atom. The molecule has 98 valence electrons. The van der Waals surface area contributed by atoms with Crippen molar-refractivity contribution in [3.05, 3.63) is 29.3 Å². The number of benzene rings is 1. The molecule has 4 heteroatoms. The first-order chi connectivity index (χ1) is 8.60. The Bertz CT molecular complexity index is 445. The molecule has 1 aliphatic rings. The average molecular weight is 248 g/mol. The predicted octanol–water partition coefficient (Wildman–Crippen LogP) is 1.40. The van der Waals surface area contributed by atoms with Gasteiger partial charge in [-0.1, -0.05) is 13.0 Å². The van der Waals surface area contributed by atoms with Crippen molar-refractivity contribution in [1.29, 1.82) is 0 Å². The van der Waals surface area contributed by atoms with Crippen LogP contribution < -0.4 is 5.73 Å². The largest absolute Gasteiger partial charge is 0.508 e. The molecular formula is C14H20N2O2. The SMILES string of the molecule is CCC(N)CC(=O)N1CCc2ccc(O)cc2C1. The van der Waals surface area contributed by atoms with Gasteiger partial charge in [-0.2, -0.15) is 0 Å². The number of nitrogens with zero attached hydrogens (tertiary/aromatic N) is 1. The minimum absolute atomic E-state index is 0.0527. The van der Waals surface area contributed by atoms with E-state index in [0.717, 1.165) is 24.9 Å². The Labute approximate surface area is 107 Å². The van der Waals surface area contributed by atoms with Crippen molar-refractivity contribution in [2.45, 2.75) is 38.8 Å². The number of carbonyl (C=O) groups excluding carboxylic acids is 1. The summed E-state index contributed by atoms with van der Waals surface area (Å²) >= 11 is 0. The number of amides is 1. The van der Waals surface area contributed by atoms with Gasteiger partial charge in [0, 0.05) is 25.6 Å². The molecule has 2 rings (SSSR count). The normalized spacial score (nSPS) is 16.2. The van der Waals surface area contributed by atoms with E-state index in [-0.39, 0.29) is 17.7 Å². The van der Waals surface area contributed by atoms with Gasteiger partial charge in [0.2, 0.25) is 5.91 Å². The van der Waals surface area contributed by atoms with E-state index in [9.17, 15) is 9.90 Å². The molecule has 1 aromatic carbocycles. The monoisotopic (exact) mass is 248 g/mol. The van der Waals surface area contributed by atoms with Crippen LogP contribution in [-0.4, -0.2) is 28.5 Å². The molecule has 1 aliphatic heterocycles. The molecule has 0 saturated carbocycles. The van der Waals surface area contributed by atoms with Gasteiger partial charge < -0.3 is 15.7 Å². The van der Waals surface area contributed by atoms with Crippen molar-refractivity contribution in [2.75, 3.05) is 6.54 Å². The van der Waals surface area contributed by atoms with Gasteiger partial charge >= 0.3 is 0 Å². The number of aromatic hydroxyl groups is 1. The van der Waals surface area contributed by atoms with Crippen molar-refractivity contribution in [2.24, 2.45) is 5.73 Å². The number of hydrogen-bond acceptors (Lipinski definition) is 3. The van der Waals surface area contributed by atoms with Crippen LogP contribution in [0.4, 0.5) is 0 Å².